The molecule has 0 saturated carbocycles. The molecule has 2 N–H and O–H groups in total. The summed E-state index contributed by atoms with van der Waals surface area (Å²) < 4.78 is 2.79. The van der Waals surface area contributed by atoms with Gasteiger partial charge in [0.25, 0.3) is 0 Å². The van der Waals surface area contributed by atoms with Gasteiger partial charge in [-0.2, -0.15) is 5.10 Å². The van der Waals surface area contributed by atoms with Crippen LogP contribution in [-0.4, -0.2) is 9.78 Å². The Morgan fingerprint density at radius 1 is 1.33 bits per heavy atom. The average Bonchev–Trinajstić information content (AvgIpc) is 2.60. The number of nitrogens with zero attached hydrogens (tertiary/aromatic N) is 2. The van der Waals surface area contributed by atoms with Crippen molar-refractivity contribution in [3.05, 3.63) is 33.9 Å². The summed E-state index contributed by atoms with van der Waals surface area (Å²) in [6, 6.07) is 5.68. The number of benzene rings is 1. The predicted octanol–water partition coefficient (Wildman–Crippen LogP) is 4.30. The molecule has 1 aromatic heterocycles. The highest BCUT2D eigenvalue weighted by molar-refractivity contribution is 9.10. The smallest absolute Gasteiger partial charge is 0.117 e. The normalized spacial score (nSPS) is 11.8. The first kappa shape index (κ1) is 13.4. The number of rotatable bonds is 1. The largest absolute Gasteiger partial charge is 0.396 e. The molecule has 0 aliphatic rings. The quantitative estimate of drug-likeness (QED) is 0.848. The zero-order chi connectivity index (χ0) is 13.5. The minimum atomic E-state index is -0.103. The van der Waals surface area contributed by atoms with Crippen LogP contribution < -0.4 is 5.73 Å². The molecular formula is C13H15BrClN3. The van der Waals surface area contributed by atoms with Crippen LogP contribution in [0.5, 0.6) is 0 Å². The van der Waals surface area contributed by atoms with Crippen molar-refractivity contribution in [2.45, 2.75) is 26.3 Å². The molecule has 5 heteroatoms. The van der Waals surface area contributed by atoms with E-state index in [0.29, 0.717) is 10.7 Å². The van der Waals surface area contributed by atoms with Crippen molar-refractivity contribution in [2.24, 2.45) is 0 Å². The van der Waals surface area contributed by atoms with E-state index in [1.54, 1.807) is 0 Å². The van der Waals surface area contributed by atoms with Crippen molar-refractivity contribution < 1.29 is 0 Å². The molecule has 0 aliphatic carbocycles. The Morgan fingerprint density at radius 3 is 2.50 bits per heavy atom. The van der Waals surface area contributed by atoms with Crippen molar-refractivity contribution in [3.8, 4) is 11.3 Å². The standard InChI is InChI=1S/C13H15BrClN3/c1-13(2,3)18-7-11(16)12(17-18)9-5-4-8(14)6-10(9)15/h4-7H,16H2,1-3H3. The van der Waals surface area contributed by atoms with Gasteiger partial charge in [0, 0.05) is 16.2 Å². The monoisotopic (exact) mass is 327 g/mol. The van der Waals surface area contributed by atoms with Crippen molar-refractivity contribution in [2.75, 3.05) is 5.73 Å². The number of halogens is 2. The average molecular weight is 329 g/mol. The SMILES string of the molecule is CC(C)(C)n1cc(N)c(-c2ccc(Br)cc2Cl)n1. The molecule has 3 nitrogen and oxygen atoms in total. The highest BCUT2D eigenvalue weighted by atomic mass is 79.9. The maximum absolute atomic E-state index is 6.22. The Hall–Kier alpha value is -1.00. The number of hydrogen-bond donors (Lipinski definition) is 1. The van der Waals surface area contributed by atoms with Gasteiger partial charge < -0.3 is 5.73 Å². The third-order valence-corrected chi connectivity index (χ3v) is 3.42. The van der Waals surface area contributed by atoms with Crippen molar-refractivity contribution in [1.29, 1.82) is 0 Å². The second-order valence-electron chi connectivity index (χ2n) is 5.17. The van der Waals surface area contributed by atoms with Gasteiger partial charge in [0.2, 0.25) is 0 Å². The summed E-state index contributed by atoms with van der Waals surface area (Å²) in [5.41, 5.74) is 8.13. The first-order chi connectivity index (χ1) is 8.29. The number of anilines is 1. The van der Waals surface area contributed by atoms with E-state index in [0.717, 1.165) is 15.7 Å². The van der Waals surface area contributed by atoms with Crippen LogP contribution in [-0.2, 0) is 5.54 Å². The van der Waals surface area contributed by atoms with Crippen molar-refractivity contribution >= 4 is 33.2 Å². The van der Waals surface area contributed by atoms with Crippen LogP contribution in [0.2, 0.25) is 5.02 Å². The lowest BCUT2D eigenvalue weighted by Crippen LogP contribution is -2.22. The van der Waals surface area contributed by atoms with Crippen molar-refractivity contribution in [3.63, 3.8) is 0 Å². The van der Waals surface area contributed by atoms with Gasteiger partial charge in [0.15, 0.2) is 0 Å². The van der Waals surface area contributed by atoms with E-state index in [1.165, 1.54) is 0 Å². The summed E-state index contributed by atoms with van der Waals surface area (Å²) >= 11 is 9.61. The summed E-state index contributed by atoms with van der Waals surface area (Å²) in [5, 5.41) is 5.17. The Kier molecular flexibility index (Phi) is 3.43. The molecule has 0 saturated heterocycles. The topological polar surface area (TPSA) is 43.8 Å². The van der Waals surface area contributed by atoms with Gasteiger partial charge in [-0.25, -0.2) is 0 Å². The molecule has 2 aromatic rings. The number of aromatic nitrogens is 2. The lowest BCUT2D eigenvalue weighted by molar-refractivity contribution is 0.356. The number of nitrogen functional groups attached to an aromatic ring is 1. The highest BCUT2D eigenvalue weighted by Crippen LogP contribution is 2.33. The van der Waals surface area contributed by atoms with Gasteiger partial charge in [0.05, 0.1) is 16.2 Å². The van der Waals surface area contributed by atoms with Crippen LogP contribution in [0.25, 0.3) is 11.3 Å². The molecule has 0 aliphatic heterocycles. The van der Waals surface area contributed by atoms with E-state index in [-0.39, 0.29) is 5.54 Å². The summed E-state index contributed by atoms with van der Waals surface area (Å²) in [7, 11) is 0. The molecular weight excluding hydrogens is 314 g/mol. The first-order valence-electron chi connectivity index (χ1n) is 5.60. The second kappa shape index (κ2) is 4.59. The van der Waals surface area contributed by atoms with Crippen LogP contribution in [0.4, 0.5) is 5.69 Å². The van der Waals surface area contributed by atoms with E-state index in [4.69, 9.17) is 17.3 Å². The molecule has 0 bridgehead atoms. The number of hydrogen-bond acceptors (Lipinski definition) is 2. The summed E-state index contributed by atoms with van der Waals surface area (Å²) in [5.74, 6) is 0. The van der Waals surface area contributed by atoms with Gasteiger partial charge in [-0.05, 0) is 32.9 Å². The maximum Gasteiger partial charge on any atom is 0.117 e. The Morgan fingerprint density at radius 2 is 2.00 bits per heavy atom. The van der Waals surface area contributed by atoms with E-state index < -0.39 is 0 Å². The highest BCUT2D eigenvalue weighted by Gasteiger charge is 2.18. The second-order valence-corrected chi connectivity index (χ2v) is 6.50. The Balaban J connectivity index is 2.55. The molecule has 1 aromatic carbocycles. The lowest BCUT2D eigenvalue weighted by atomic mass is 10.1. The molecule has 0 fully saturated rings. The Bertz CT molecular complexity index is 584. The minimum absolute atomic E-state index is 0.103. The molecule has 0 unspecified atom stereocenters. The third-order valence-electron chi connectivity index (χ3n) is 2.62. The fraction of sp³-hybridized carbons (Fsp3) is 0.308. The van der Waals surface area contributed by atoms with Gasteiger partial charge in [-0.15, -0.1) is 0 Å². The van der Waals surface area contributed by atoms with Crippen molar-refractivity contribution in [1.82, 2.24) is 9.78 Å². The Labute approximate surface area is 120 Å². The molecule has 0 radical (unpaired) electrons. The molecule has 0 amide bonds. The minimum Gasteiger partial charge on any atom is -0.396 e. The summed E-state index contributed by atoms with van der Waals surface area (Å²) in [6.07, 6.45) is 1.84. The summed E-state index contributed by atoms with van der Waals surface area (Å²) in [4.78, 5) is 0. The van der Waals surface area contributed by atoms with E-state index in [9.17, 15) is 0 Å². The molecule has 0 atom stereocenters. The molecule has 0 spiro atoms. The van der Waals surface area contributed by atoms with E-state index in [1.807, 2.05) is 29.1 Å². The van der Waals surface area contributed by atoms with Crippen LogP contribution >= 0.6 is 27.5 Å². The van der Waals surface area contributed by atoms with Gasteiger partial charge in [-0.3, -0.25) is 4.68 Å². The molecule has 96 valence electrons. The first-order valence-corrected chi connectivity index (χ1v) is 6.77. The predicted molar refractivity (Wildman–Crippen MR) is 79.8 cm³/mol. The van der Waals surface area contributed by atoms with Crippen LogP contribution in [0.3, 0.4) is 0 Å². The molecule has 1 heterocycles. The van der Waals surface area contributed by atoms with Gasteiger partial charge >= 0.3 is 0 Å². The fourth-order valence-electron chi connectivity index (χ4n) is 1.62. The van der Waals surface area contributed by atoms with Crippen LogP contribution in [0, 0.1) is 0 Å². The van der Waals surface area contributed by atoms with Gasteiger partial charge in [-0.1, -0.05) is 33.6 Å². The van der Waals surface area contributed by atoms with E-state index in [2.05, 4.69) is 41.8 Å². The molecule has 2 rings (SSSR count). The number of nitrogens with two attached hydrogens (primary N) is 1. The molecule has 18 heavy (non-hydrogen) atoms. The zero-order valence-electron chi connectivity index (χ0n) is 10.5. The van der Waals surface area contributed by atoms with Crippen LogP contribution in [0.1, 0.15) is 20.8 Å². The zero-order valence-corrected chi connectivity index (χ0v) is 12.9. The lowest BCUT2D eigenvalue weighted by Gasteiger charge is -2.18. The summed E-state index contributed by atoms with van der Waals surface area (Å²) in [6.45, 7) is 6.23. The third kappa shape index (κ3) is 2.54. The van der Waals surface area contributed by atoms with E-state index >= 15 is 0 Å². The van der Waals surface area contributed by atoms with Crippen LogP contribution in [0.15, 0.2) is 28.9 Å². The maximum atomic E-state index is 6.22. The fourth-order valence-corrected chi connectivity index (χ4v) is 2.38. The van der Waals surface area contributed by atoms with Gasteiger partial charge in [0.1, 0.15) is 5.69 Å².